The van der Waals surface area contributed by atoms with E-state index < -0.39 is 0 Å². The lowest BCUT2D eigenvalue weighted by atomic mass is 10.1. The first-order valence-electron chi connectivity index (χ1n) is 5.72. The summed E-state index contributed by atoms with van der Waals surface area (Å²) in [5, 5.41) is 5.36. The van der Waals surface area contributed by atoms with Crippen LogP contribution in [-0.4, -0.2) is 4.98 Å². The second kappa shape index (κ2) is 4.41. The summed E-state index contributed by atoms with van der Waals surface area (Å²) in [6.07, 6.45) is 6.94. The van der Waals surface area contributed by atoms with Crippen LogP contribution in [0.3, 0.4) is 0 Å². The van der Waals surface area contributed by atoms with Crippen LogP contribution in [0.1, 0.15) is 5.56 Å². The molecule has 0 saturated carbocycles. The van der Waals surface area contributed by atoms with Crippen LogP contribution in [0, 0.1) is 0 Å². The maximum absolute atomic E-state index is 6.14. The van der Waals surface area contributed by atoms with Crippen LogP contribution >= 0.6 is 0 Å². The molecule has 3 rings (SSSR count). The van der Waals surface area contributed by atoms with Gasteiger partial charge in [-0.15, -0.1) is 0 Å². The van der Waals surface area contributed by atoms with Crippen molar-refractivity contribution in [3.8, 4) is 0 Å². The molecule has 0 aliphatic heterocycles. The quantitative estimate of drug-likeness (QED) is 0.689. The molecule has 0 amide bonds. The molecule has 4 nitrogen and oxygen atoms in total. The number of benzene rings is 1. The molecule has 0 unspecified atom stereocenters. The van der Waals surface area contributed by atoms with Crippen LogP contribution in [0.5, 0.6) is 0 Å². The second-order valence-corrected chi connectivity index (χ2v) is 4.11. The Balaban J connectivity index is 1.90. The first-order chi connectivity index (χ1) is 8.84. The molecule has 2 aromatic heterocycles. The number of rotatable bonds is 3. The molecular formula is C14H13N3O. The summed E-state index contributed by atoms with van der Waals surface area (Å²) >= 11 is 0. The number of aromatic nitrogens is 1. The molecule has 0 fully saturated rings. The van der Waals surface area contributed by atoms with E-state index in [2.05, 4.69) is 10.3 Å². The zero-order chi connectivity index (χ0) is 12.4. The molecule has 0 aliphatic carbocycles. The average Bonchev–Trinajstić information content (AvgIpc) is 2.91. The van der Waals surface area contributed by atoms with Gasteiger partial charge in [0, 0.05) is 35.3 Å². The molecular weight excluding hydrogens is 226 g/mol. The Labute approximate surface area is 104 Å². The molecule has 0 atom stereocenters. The van der Waals surface area contributed by atoms with Crippen molar-refractivity contribution in [1.29, 1.82) is 0 Å². The number of nitrogens with two attached hydrogens (primary N) is 1. The van der Waals surface area contributed by atoms with Gasteiger partial charge in [0.15, 0.2) is 0 Å². The molecule has 3 N–H and O–H groups in total. The van der Waals surface area contributed by atoms with E-state index in [1.165, 1.54) is 0 Å². The summed E-state index contributed by atoms with van der Waals surface area (Å²) < 4.78 is 5.02. The third kappa shape index (κ3) is 1.88. The minimum absolute atomic E-state index is 0.692. The summed E-state index contributed by atoms with van der Waals surface area (Å²) in [5.41, 5.74) is 8.91. The predicted octanol–water partition coefficient (Wildman–Crippen LogP) is 3.02. The van der Waals surface area contributed by atoms with E-state index in [-0.39, 0.29) is 0 Å². The number of pyridine rings is 1. The highest BCUT2D eigenvalue weighted by Crippen LogP contribution is 2.28. The van der Waals surface area contributed by atoms with Crippen molar-refractivity contribution < 1.29 is 4.42 Å². The van der Waals surface area contributed by atoms with E-state index in [1.54, 1.807) is 18.7 Å². The van der Waals surface area contributed by atoms with Crippen LogP contribution < -0.4 is 11.1 Å². The standard InChI is InChI=1S/C14H13N3O/c15-14-12-3-5-16-8-11(12)1-2-13(14)17-7-10-4-6-18-9-10/h1-6,8-9,17H,7,15H2. The Morgan fingerprint density at radius 3 is 3.00 bits per heavy atom. The van der Waals surface area contributed by atoms with Crippen LogP contribution in [-0.2, 0) is 6.54 Å². The molecule has 0 radical (unpaired) electrons. The topological polar surface area (TPSA) is 64.1 Å². The summed E-state index contributed by atoms with van der Waals surface area (Å²) in [4.78, 5) is 4.08. The number of nitrogens with one attached hydrogen (secondary N) is 1. The monoisotopic (exact) mass is 239 g/mol. The second-order valence-electron chi connectivity index (χ2n) is 4.11. The lowest BCUT2D eigenvalue weighted by Crippen LogP contribution is -2.02. The van der Waals surface area contributed by atoms with E-state index in [9.17, 15) is 0 Å². The van der Waals surface area contributed by atoms with Gasteiger partial charge in [-0.1, -0.05) is 6.07 Å². The SMILES string of the molecule is Nc1c(NCc2ccoc2)ccc2cnccc12. The van der Waals surface area contributed by atoms with Gasteiger partial charge in [-0.3, -0.25) is 4.98 Å². The Morgan fingerprint density at radius 2 is 2.17 bits per heavy atom. The van der Waals surface area contributed by atoms with Gasteiger partial charge < -0.3 is 15.5 Å². The average molecular weight is 239 g/mol. The van der Waals surface area contributed by atoms with Crippen LogP contribution in [0.2, 0.25) is 0 Å². The molecule has 0 saturated heterocycles. The van der Waals surface area contributed by atoms with Crippen molar-refractivity contribution in [3.63, 3.8) is 0 Å². The van der Waals surface area contributed by atoms with E-state index in [0.717, 1.165) is 27.7 Å². The van der Waals surface area contributed by atoms with Gasteiger partial charge in [-0.25, -0.2) is 0 Å². The molecule has 18 heavy (non-hydrogen) atoms. The molecule has 3 aromatic rings. The van der Waals surface area contributed by atoms with Crippen molar-refractivity contribution in [2.24, 2.45) is 0 Å². The number of nitrogens with zero attached hydrogens (tertiary/aromatic N) is 1. The van der Waals surface area contributed by atoms with Gasteiger partial charge in [0.05, 0.1) is 23.9 Å². The molecule has 0 aliphatic rings. The van der Waals surface area contributed by atoms with Crippen LogP contribution in [0.25, 0.3) is 10.8 Å². The van der Waals surface area contributed by atoms with E-state index >= 15 is 0 Å². The van der Waals surface area contributed by atoms with E-state index in [4.69, 9.17) is 10.2 Å². The maximum Gasteiger partial charge on any atom is 0.0952 e. The van der Waals surface area contributed by atoms with Gasteiger partial charge in [-0.2, -0.15) is 0 Å². The Kier molecular flexibility index (Phi) is 2.61. The minimum atomic E-state index is 0.692. The number of hydrogen-bond acceptors (Lipinski definition) is 4. The minimum Gasteiger partial charge on any atom is -0.472 e. The van der Waals surface area contributed by atoms with Crippen molar-refractivity contribution in [2.75, 3.05) is 11.1 Å². The normalized spacial score (nSPS) is 10.7. The summed E-state index contributed by atoms with van der Waals surface area (Å²) in [7, 11) is 0. The van der Waals surface area contributed by atoms with E-state index in [1.807, 2.05) is 30.5 Å². The molecule has 1 aromatic carbocycles. The summed E-state index contributed by atoms with van der Waals surface area (Å²) in [5.74, 6) is 0. The largest absolute Gasteiger partial charge is 0.472 e. The number of anilines is 2. The Hall–Kier alpha value is -2.49. The third-order valence-corrected chi connectivity index (χ3v) is 2.92. The van der Waals surface area contributed by atoms with Gasteiger partial charge in [0.25, 0.3) is 0 Å². The van der Waals surface area contributed by atoms with Gasteiger partial charge in [0.2, 0.25) is 0 Å². The molecule has 0 spiro atoms. The van der Waals surface area contributed by atoms with Crippen LogP contribution in [0.4, 0.5) is 11.4 Å². The number of furan rings is 1. The summed E-state index contributed by atoms with van der Waals surface area (Å²) in [6, 6.07) is 7.83. The first kappa shape index (κ1) is 10.7. The maximum atomic E-state index is 6.14. The Bertz CT molecular complexity index is 662. The highest BCUT2D eigenvalue weighted by Gasteiger charge is 2.04. The molecule has 4 heteroatoms. The highest BCUT2D eigenvalue weighted by molar-refractivity contribution is 5.98. The van der Waals surface area contributed by atoms with Crippen LogP contribution in [0.15, 0.2) is 53.6 Å². The first-order valence-corrected chi connectivity index (χ1v) is 5.72. The highest BCUT2D eigenvalue weighted by atomic mass is 16.3. The smallest absolute Gasteiger partial charge is 0.0952 e. The summed E-state index contributed by atoms with van der Waals surface area (Å²) in [6.45, 7) is 0.692. The van der Waals surface area contributed by atoms with Gasteiger partial charge in [0.1, 0.15) is 0 Å². The lowest BCUT2D eigenvalue weighted by molar-refractivity contribution is 0.564. The fraction of sp³-hybridized carbons (Fsp3) is 0.0714. The van der Waals surface area contributed by atoms with Crippen molar-refractivity contribution in [1.82, 2.24) is 4.98 Å². The lowest BCUT2D eigenvalue weighted by Gasteiger charge is -2.10. The predicted molar refractivity (Wildman–Crippen MR) is 72.2 cm³/mol. The van der Waals surface area contributed by atoms with Crippen molar-refractivity contribution >= 4 is 22.1 Å². The van der Waals surface area contributed by atoms with Crippen molar-refractivity contribution in [2.45, 2.75) is 6.54 Å². The fourth-order valence-electron chi connectivity index (χ4n) is 1.94. The number of hydrogen-bond donors (Lipinski definition) is 2. The fourth-order valence-corrected chi connectivity index (χ4v) is 1.94. The number of fused-ring (bicyclic) bond motifs is 1. The Morgan fingerprint density at radius 1 is 1.22 bits per heavy atom. The number of nitrogen functional groups attached to an aromatic ring is 1. The van der Waals surface area contributed by atoms with E-state index in [0.29, 0.717) is 6.54 Å². The molecule has 0 bridgehead atoms. The third-order valence-electron chi connectivity index (χ3n) is 2.92. The van der Waals surface area contributed by atoms with Crippen molar-refractivity contribution in [3.05, 3.63) is 54.7 Å². The molecule has 2 heterocycles. The van der Waals surface area contributed by atoms with Gasteiger partial charge in [-0.05, 0) is 18.2 Å². The zero-order valence-corrected chi connectivity index (χ0v) is 9.76. The zero-order valence-electron chi connectivity index (χ0n) is 9.76. The molecule has 90 valence electrons. The van der Waals surface area contributed by atoms with Gasteiger partial charge >= 0.3 is 0 Å².